The van der Waals surface area contributed by atoms with Gasteiger partial charge in [-0.1, -0.05) is 13.8 Å². The van der Waals surface area contributed by atoms with E-state index in [0.29, 0.717) is 11.7 Å². The highest BCUT2D eigenvalue weighted by atomic mass is 32.2. The molecule has 0 aliphatic carbocycles. The summed E-state index contributed by atoms with van der Waals surface area (Å²) in [5, 5.41) is 0. The number of carbonyl (C=O) groups is 1. The number of nitrogens with zero attached hydrogens (tertiary/aromatic N) is 1. The van der Waals surface area contributed by atoms with Crippen LogP contribution in [0.5, 0.6) is 0 Å². The van der Waals surface area contributed by atoms with Crippen molar-refractivity contribution >= 4 is 17.7 Å². The van der Waals surface area contributed by atoms with E-state index in [1.165, 1.54) is 25.7 Å². The van der Waals surface area contributed by atoms with Crippen LogP contribution >= 0.6 is 11.8 Å². The van der Waals surface area contributed by atoms with Crippen LogP contribution in [0.2, 0.25) is 0 Å². The Morgan fingerprint density at radius 3 is 2.53 bits per heavy atom. The Hall–Kier alpha value is -0.180. The molecule has 0 aromatic rings. The Morgan fingerprint density at radius 2 is 1.93 bits per heavy atom. The topological polar surface area (TPSA) is 20.3 Å². The van der Waals surface area contributed by atoms with Gasteiger partial charge in [0, 0.05) is 13.1 Å². The average Bonchev–Trinajstić information content (AvgIpc) is 2.25. The second-order valence-corrected chi connectivity index (χ2v) is 5.78. The van der Waals surface area contributed by atoms with Crippen LogP contribution in [0, 0.1) is 5.92 Å². The molecule has 0 bridgehead atoms. The Bertz CT molecular complexity index is 188. The van der Waals surface area contributed by atoms with Crippen LogP contribution in [-0.2, 0) is 4.79 Å². The van der Waals surface area contributed by atoms with E-state index in [1.807, 2.05) is 4.90 Å². The molecule has 0 radical (unpaired) electrons. The molecule has 0 aromatic carbocycles. The van der Waals surface area contributed by atoms with E-state index in [0.717, 1.165) is 24.8 Å². The van der Waals surface area contributed by atoms with Crippen molar-refractivity contribution in [1.29, 1.82) is 0 Å². The summed E-state index contributed by atoms with van der Waals surface area (Å²) in [4.78, 5) is 13.8. The van der Waals surface area contributed by atoms with Gasteiger partial charge in [0.15, 0.2) is 0 Å². The summed E-state index contributed by atoms with van der Waals surface area (Å²) >= 11 is 1.79. The number of piperidine rings is 1. The summed E-state index contributed by atoms with van der Waals surface area (Å²) in [5.74, 6) is 2.91. The minimum atomic E-state index is 0.350. The lowest BCUT2D eigenvalue weighted by molar-refractivity contribution is -0.129. The molecule has 1 amide bonds. The van der Waals surface area contributed by atoms with E-state index in [-0.39, 0.29) is 0 Å². The van der Waals surface area contributed by atoms with Crippen LogP contribution in [0.3, 0.4) is 0 Å². The van der Waals surface area contributed by atoms with Crippen LogP contribution in [0.4, 0.5) is 0 Å². The summed E-state index contributed by atoms with van der Waals surface area (Å²) in [6.07, 6.45) is 4.91. The number of thioether (sulfide) groups is 1. The SMILES string of the molecule is CC(C)CCSCC(=O)N1CCCCC1. The van der Waals surface area contributed by atoms with E-state index >= 15 is 0 Å². The van der Waals surface area contributed by atoms with Crippen molar-refractivity contribution in [2.75, 3.05) is 24.6 Å². The molecule has 1 saturated heterocycles. The lowest BCUT2D eigenvalue weighted by Crippen LogP contribution is -2.36. The third kappa shape index (κ3) is 5.45. The van der Waals surface area contributed by atoms with Gasteiger partial charge in [0.25, 0.3) is 0 Å². The van der Waals surface area contributed by atoms with Crippen LogP contribution in [-0.4, -0.2) is 35.4 Å². The van der Waals surface area contributed by atoms with Gasteiger partial charge in [-0.25, -0.2) is 0 Å². The summed E-state index contributed by atoms with van der Waals surface area (Å²) in [5.41, 5.74) is 0. The maximum Gasteiger partial charge on any atom is 0.232 e. The highest BCUT2D eigenvalue weighted by molar-refractivity contribution is 7.99. The van der Waals surface area contributed by atoms with E-state index in [2.05, 4.69) is 13.8 Å². The van der Waals surface area contributed by atoms with E-state index in [1.54, 1.807) is 11.8 Å². The number of hydrogen-bond donors (Lipinski definition) is 0. The largest absolute Gasteiger partial charge is 0.342 e. The highest BCUT2D eigenvalue weighted by Crippen LogP contribution is 2.13. The lowest BCUT2D eigenvalue weighted by atomic mass is 10.1. The smallest absolute Gasteiger partial charge is 0.232 e. The summed E-state index contributed by atoms with van der Waals surface area (Å²) in [7, 11) is 0. The van der Waals surface area contributed by atoms with Crippen molar-refractivity contribution in [2.45, 2.75) is 39.5 Å². The maximum atomic E-state index is 11.7. The first-order valence-electron chi connectivity index (χ1n) is 6.05. The molecule has 15 heavy (non-hydrogen) atoms. The van der Waals surface area contributed by atoms with Gasteiger partial charge in [-0.3, -0.25) is 4.79 Å². The molecule has 1 aliphatic rings. The molecule has 1 heterocycles. The van der Waals surface area contributed by atoms with Crippen molar-refractivity contribution < 1.29 is 4.79 Å². The number of likely N-dealkylation sites (tertiary alicyclic amines) is 1. The molecule has 88 valence electrons. The molecule has 0 aromatic heterocycles. The van der Waals surface area contributed by atoms with Crippen molar-refractivity contribution in [3.05, 3.63) is 0 Å². The minimum Gasteiger partial charge on any atom is -0.342 e. The zero-order chi connectivity index (χ0) is 11.1. The van der Waals surface area contributed by atoms with Gasteiger partial charge in [-0.15, -0.1) is 0 Å². The predicted molar refractivity (Wildman–Crippen MR) is 67.2 cm³/mol. The average molecular weight is 229 g/mol. The van der Waals surface area contributed by atoms with Gasteiger partial charge in [-0.2, -0.15) is 11.8 Å². The molecule has 0 saturated carbocycles. The summed E-state index contributed by atoms with van der Waals surface area (Å²) in [6, 6.07) is 0. The molecule has 0 unspecified atom stereocenters. The van der Waals surface area contributed by atoms with Gasteiger partial charge >= 0.3 is 0 Å². The molecule has 0 atom stereocenters. The fourth-order valence-corrected chi connectivity index (χ4v) is 2.85. The molecule has 1 fully saturated rings. The van der Waals surface area contributed by atoms with E-state index in [9.17, 15) is 4.79 Å². The standard InChI is InChI=1S/C12H23NOS/c1-11(2)6-9-15-10-12(14)13-7-4-3-5-8-13/h11H,3-10H2,1-2H3. The number of amides is 1. The first-order valence-corrected chi connectivity index (χ1v) is 7.21. The van der Waals surface area contributed by atoms with Gasteiger partial charge < -0.3 is 4.90 Å². The normalized spacial score (nSPS) is 17.1. The maximum absolute atomic E-state index is 11.7. The number of rotatable bonds is 5. The fraction of sp³-hybridized carbons (Fsp3) is 0.917. The lowest BCUT2D eigenvalue weighted by Gasteiger charge is -2.26. The third-order valence-corrected chi connectivity index (χ3v) is 3.75. The minimum absolute atomic E-state index is 0.350. The van der Waals surface area contributed by atoms with Gasteiger partial charge in [0.2, 0.25) is 5.91 Å². The number of carbonyl (C=O) groups excluding carboxylic acids is 1. The summed E-state index contributed by atoms with van der Waals surface area (Å²) < 4.78 is 0. The molecule has 1 rings (SSSR count). The first kappa shape index (κ1) is 12.9. The van der Waals surface area contributed by atoms with Crippen LogP contribution < -0.4 is 0 Å². The highest BCUT2D eigenvalue weighted by Gasteiger charge is 2.15. The van der Waals surface area contributed by atoms with Crippen LogP contribution in [0.1, 0.15) is 39.5 Å². The van der Waals surface area contributed by atoms with Crippen molar-refractivity contribution in [3.8, 4) is 0 Å². The summed E-state index contributed by atoms with van der Waals surface area (Å²) in [6.45, 7) is 6.44. The monoisotopic (exact) mass is 229 g/mol. The second-order valence-electron chi connectivity index (χ2n) is 4.68. The van der Waals surface area contributed by atoms with Gasteiger partial charge in [0.1, 0.15) is 0 Å². The third-order valence-electron chi connectivity index (χ3n) is 2.77. The molecule has 3 heteroatoms. The van der Waals surface area contributed by atoms with Crippen molar-refractivity contribution in [3.63, 3.8) is 0 Å². The fourth-order valence-electron chi connectivity index (χ4n) is 1.71. The first-order chi connectivity index (χ1) is 7.20. The van der Waals surface area contributed by atoms with E-state index < -0.39 is 0 Å². The van der Waals surface area contributed by atoms with Crippen LogP contribution in [0.15, 0.2) is 0 Å². The molecular formula is C12H23NOS. The Balaban J connectivity index is 2.07. The van der Waals surface area contributed by atoms with Crippen molar-refractivity contribution in [2.24, 2.45) is 5.92 Å². The molecule has 0 spiro atoms. The number of hydrogen-bond acceptors (Lipinski definition) is 2. The van der Waals surface area contributed by atoms with Crippen molar-refractivity contribution in [1.82, 2.24) is 4.90 Å². The Morgan fingerprint density at radius 1 is 1.27 bits per heavy atom. The van der Waals surface area contributed by atoms with Gasteiger partial charge in [-0.05, 0) is 37.4 Å². The second kappa shape index (κ2) is 7.15. The molecular weight excluding hydrogens is 206 g/mol. The van der Waals surface area contributed by atoms with Gasteiger partial charge in [0.05, 0.1) is 5.75 Å². The molecule has 1 aliphatic heterocycles. The quantitative estimate of drug-likeness (QED) is 0.676. The van der Waals surface area contributed by atoms with E-state index in [4.69, 9.17) is 0 Å². The zero-order valence-electron chi connectivity index (χ0n) is 10.00. The molecule has 2 nitrogen and oxygen atoms in total. The molecule has 0 N–H and O–H groups in total. The predicted octanol–water partition coefficient (Wildman–Crippen LogP) is 2.78. The van der Waals surface area contributed by atoms with Crippen LogP contribution in [0.25, 0.3) is 0 Å². The Kier molecular flexibility index (Phi) is 6.15. The zero-order valence-corrected chi connectivity index (χ0v) is 10.8. The Labute approximate surface area is 97.8 Å².